The van der Waals surface area contributed by atoms with Crippen LogP contribution < -0.4 is 5.32 Å². The van der Waals surface area contributed by atoms with E-state index in [1.807, 2.05) is 37.3 Å². The maximum absolute atomic E-state index is 11.0. The van der Waals surface area contributed by atoms with Crippen LogP contribution in [-0.2, 0) is 4.79 Å². The van der Waals surface area contributed by atoms with Gasteiger partial charge in [0.2, 0.25) is 0 Å². The largest absolute Gasteiger partial charge is 0.480 e. The summed E-state index contributed by atoms with van der Waals surface area (Å²) in [5.74, 6) is -0.319. The van der Waals surface area contributed by atoms with Gasteiger partial charge in [-0.1, -0.05) is 29.8 Å². The molecule has 0 saturated carbocycles. The predicted octanol–water partition coefficient (Wildman–Crippen LogP) is 2.62. The molecule has 2 aromatic rings. The third-order valence-corrected chi connectivity index (χ3v) is 4.99. The van der Waals surface area contributed by atoms with Crippen molar-refractivity contribution in [3.05, 3.63) is 46.7 Å². The number of aliphatic carboxylic acids is 1. The maximum atomic E-state index is 11.0. The number of carboxylic acids is 1. The van der Waals surface area contributed by atoms with Crippen LogP contribution in [0, 0.1) is 6.92 Å². The summed E-state index contributed by atoms with van der Waals surface area (Å²) in [7, 11) is 0. The van der Waals surface area contributed by atoms with Gasteiger partial charge < -0.3 is 5.11 Å². The highest BCUT2D eigenvalue weighted by molar-refractivity contribution is 7.99. The molecule has 1 aliphatic rings. The lowest BCUT2D eigenvalue weighted by molar-refractivity contribution is -0.138. The number of carbonyl (C=O) groups is 1. The number of halogens is 1. The van der Waals surface area contributed by atoms with Crippen LogP contribution in [0.1, 0.15) is 16.6 Å². The van der Waals surface area contributed by atoms with Gasteiger partial charge in [-0.15, -0.1) is 11.8 Å². The van der Waals surface area contributed by atoms with Crippen molar-refractivity contribution in [1.29, 1.82) is 0 Å². The highest BCUT2D eigenvalue weighted by Gasteiger charge is 2.34. The first-order chi connectivity index (χ1) is 10.1. The zero-order chi connectivity index (χ0) is 15.0. The molecule has 3 rings (SSSR count). The van der Waals surface area contributed by atoms with Gasteiger partial charge in [-0.2, -0.15) is 5.10 Å². The van der Waals surface area contributed by atoms with Crippen LogP contribution in [0.25, 0.3) is 5.69 Å². The highest BCUT2D eigenvalue weighted by atomic mass is 35.5. The monoisotopic (exact) mass is 323 g/mol. The average Bonchev–Trinajstić information content (AvgIpc) is 3.05. The standard InChI is InChI=1S/C14H14ClN3O2S/c1-8-11(13-16-10(7-21-13)14(19)20)12(15)18(17-8)9-5-3-2-4-6-9/h2-6,10,13,16H,7H2,1H3,(H,19,20)/t10-,13+/m0/s1. The van der Waals surface area contributed by atoms with E-state index in [0.29, 0.717) is 10.9 Å². The summed E-state index contributed by atoms with van der Waals surface area (Å²) >= 11 is 8.01. The molecular weight excluding hydrogens is 310 g/mol. The number of carboxylic acid groups (broad SMARTS) is 1. The number of nitrogens with zero attached hydrogens (tertiary/aromatic N) is 2. The van der Waals surface area contributed by atoms with Crippen LogP contribution in [-0.4, -0.2) is 32.7 Å². The van der Waals surface area contributed by atoms with Gasteiger partial charge in [0.15, 0.2) is 0 Å². The molecule has 0 spiro atoms. The maximum Gasteiger partial charge on any atom is 0.321 e. The first-order valence-corrected chi connectivity index (χ1v) is 7.91. The van der Waals surface area contributed by atoms with E-state index in [-0.39, 0.29) is 5.37 Å². The summed E-state index contributed by atoms with van der Waals surface area (Å²) in [6.07, 6.45) is 0. The van der Waals surface area contributed by atoms with Crippen LogP contribution in [0.3, 0.4) is 0 Å². The molecule has 0 aliphatic carbocycles. The average molecular weight is 324 g/mol. The van der Waals surface area contributed by atoms with Crippen molar-refractivity contribution in [2.75, 3.05) is 5.75 Å². The van der Waals surface area contributed by atoms with Crippen molar-refractivity contribution < 1.29 is 9.90 Å². The lowest BCUT2D eigenvalue weighted by atomic mass is 10.2. The Morgan fingerprint density at radius 2 is 2.19 bits per heavy atom. The number of aryl methyl sites for hydroxylation is 1. The quantitative estimate of drug-likeness (QED) is 0.909. The van der Waals surface area contributed by atoms with Crippen molar-refractivity contribution in [1.82, 2.24) is 15.1 Å². The van der Waals surface area contributed by atoms with E-state index in [1.54, 1.807) is 4.68 Å². The summed E-state index contributed by atoms with van der Waals surface area (Å²) in [5.41, 5.74) is 2.55. The Kier molecular flexibility index (Phi) is 3.93. The molecule has 0 bridgehead atoms. The lowest BCUT2D eigenvalue weighted by Gasteiger charge is -2.11. The molecule has 2 heterocycles. The van der Waals surface area contributed by atoms with Gasteiger partial charge >= 0.3 is 5.97 Å². The topological polar surface area (TPSA) is 67.2 Å². The molecule has 7 heteroatoms. The van der Waals surface area contributed by atoms with Crippen molar-refractivity contribution in [2.24, 2.45) is 0 Å². The molecule has 2 atom stereocenters. The van der Waals surface area contributed by atoms with E-state index in [0.717, 1.165) is 16.9 Å². The van der Waals surface area contributed by atoms with Crippen molar-refractivity contribution in [2.45, 2.75) is 18.3 Å². The molecule has 5 nitrogen and oxygen atoms in total. The summed E-state index contributed by atoms with van der Waals surface area (Å²) in [6.45, 7) is 1.89. The van der Waals surface area contributed by atoms with E-state index in [2.05, 4.69) is 10.4 Å². The van der Waals surface area contributed by atoms with Crippen LogP contribution in [0.5, 0.6) is 0 Å². The molecule has 0 amide bonds. The Hall–Kier alpha value is -1.50. The Balaban J connectivity index is 1.95. The van der Waals surface area contributed by atoms with Gasteiger partial charge in [-0.3, -0.25) is 10.1 Å². The van der Waals surface area contributed by atoms with Gasteiger partial charge in [0.25, 0.3) is 0 Å². The van der Waals surface area contributed by atoms with Gasteiger partial charge in [0, 0.05) is 11.3 Å². The van der Waals surface area contributed by atoms with E-state index in [9.17, 15) is 4.79 Å². The molecule has 1 aliphatic heterocycles. The minimum atomic E-state index is -0.839. The second-order valence-corrected chi connectivity index (χ2v) is 6.30. The SMILES string of the molecule is Cc1nn(-c2ccccc2)c(Cl)c1[C@@H]1N[C@H](C(=O)O)CS1. The molecule has 1 fully saturated rings. The summed E-state index contributed by atoms with van der Waals surface area (Å²) < 4.78 is 1.68. The number of benzene rings is 1. The summed E-state index contributed by atoms with van der Waals surface area (Å²) in [6, 6.07) is 9.09. The number of rotatable bonds is 3. The number of hydrogen-bond acceptors (Lipinski definition) is 4. The molecule has 0 radical (unpaired) electrons. The molecule has 1 aromatic heterocycles. The van der Waals surface area contributed by atoms with Crippen molar-refractivity contribution >= 4 is 29.3 Å². The molecule has 0 unspecified atom stereocenters. The third-order valence-electron chi connectivity index (χ3n) is 3.39. The Bertz CT molecular complexity index is 674. The molecular formula is C14H14ClN3O2S. The molecule has 110 valence electrons. The lowest BCUT2D eigenvalue weighted by Crippen LogP contribution is -2.33. The Morgan fingerprint density at radius 3 is 2.81 bits per heavy atom. The normalized spacial score (nSPS) is 21.6. The Morgan fingerprint density at radius 1 is 1.48 bits per heavy atom. The van der Waals surface area contributed by atoms with Crippen molar-refractivity contribution in [3.8, 4) is 5.69 Å². The van der Waals surface area contributed by atoms with Crippen LogP contribution >= 0.6 is 23.4 Å². The second-order valence-electron chi connectivity index (χ2n) is 4.81. The first-order valence-electron chi connectivity index (χ1n) is 6.49. The van der Waals surface area contributed by atoms with Gasteiger partial charge in [-0.05, 0) is 19.1 Å². The number of thioether (sulfide) groups is 1. The fourth-order valence-electron chi connectivity index (χ4n) is 2.33. The van der Waals surface area contributed by atoms with E-state index >= 15 is 0 Å². The number of para-hydroxylation sites is 1. The minimum absolute atomic E-state index is 0.143. The first kappa shape index (κ1) is 14.4. The predicted molar refractivity (Wildman–Crippen MR) is 83.1 cm³/mol. The zero-order valence-corrected chi connectivity index (χ0v) is 12.9. The van der Waals surface area contributed by atoms with Gasteiger partial charge in [-0.25, -0.2) is 4.68 Å². The number of nitrogens with one attached hydrogen (secondary N) is 1. The molecule has 1 aromatic carbocycles. The fourth-order valence-corrected chi connectivity index (χ4v) is 4.11. The third kappa shape index (κ3) is 2.66. The van der Waals surface area contributed by atoms with Crippen molar-refractivity contribution in [3.63, 3.8) is 0 Å². The zero-order valence-electron chi connectivity index (χ0n) is 11.3. The summed E-state index contributed by atoms with van der Waals surface area (Å²) in [4.78, 5) is 11.0. The second kappa shape index (κ2) is 5.71. The number of aromatic nitrogens is 2. The minimum Gasteiger partial charge on any atom is -0.480 e. The van der Waals surface area contributed by atoms with E-state index in [4.69, 9.17) is 16.7 Å². The summed E-state index contributed by atoms with van der Waals surface area (Å²) in [5, 5.41) is 17.0. The fraction of sp³-hybridized carbons (Fsp3) is 0.286. The van der Waals surface area contributed by atoms with E-state index < -0.39 is 12.0 Å². The van der Waals surface area contributed by atoms with Crippen LogP contribution in [0.15, 0.2) is 30.3 Å². The number of hydrogen-bond donors (Lipinski definition) is 2. The Labute approximate surface area is 131 Å². The van der Waals surface area contributed by atoms with E-state index in [1.165, 1.54) is 11.8 Å². The molecule has 2 N–H and O–H groups in total. The van der Waals surface area contributed by atoms with Crippen LogP contribution in [0.4, 0.5) is 0 Å². The molecule has 21 heavy (non-hydrogen) atoms. The van der Waals surface area contributed by atoms with Crippen LogP contribution in [0.2, 0.25) is 5.15 Å². The smallest absolute Gasteiger partial charge is 0.321 e. The van der Waals surface area contributed by atoms with Gasteiger partial charge in [0.05, 0.1) is 16.8 Å². The highest BCUT2D eigenvalue weighted by Crippen LogP contribution is 2.39. The molecule has 1 saturated heterocycles. The van der Waals surface area contributed by atoms with Gasteiger partial charge in [0.1, 0.15) is 11.2 Å².